The lowest BCUT2D eigenvalue weighted by molar-refractivity contribution is -0.130. The molecule has 1 fully saturated rings. The van der Waals surface area contributed by atoms with Crippen molar-refractivity contribution in [1.82, 2.24) is 4.31 Å². The van der Waals surface area contributed by atoms with Gasteiger partial charge in [-0.15, -0.1) is 0 Å². The first kappa shape index (κ1) is 14.6. The largest absolute Gasteiger partial charge is 0.472 e. The fraction of sp³-hybridized carbons (Fsp3) is 0.357. The monoisotopic (exact) mass is 293 g/mol. The number of nitrogens with zero attached hydrogens (tertiary/aromatic N) is 1. The molecule has 6 heteroatoms. The van der Waals surface area contributed by atoms with Gasteiger partial charge < -0.3 is 5.11 Å². The summed E-state index contributed by atoms with van der Waals surface area (Å²) in [5.74, 6) is 3.22. The maximum atomic E-state index is 12.4. The summed E-state index contributed by atoms with van der Waals surface area (Å²) >= 11 is 0. The Kier molecular flexibility index (Phi) is 4.42. The minimum Gasteiger partial charge on any atom is -0.472 e. The molecular formula is C14H15NO4S. The predicted octanol–water partition coefficient (Wildman–Crippen LogP) is 1.30. The molecule has 1 aliphatic rings. The fourth-order valence-corrected chi connectivity index (χ4v) is 3.61. The molecule has 0 amide bonds. The van der Waals surface area contributed by atoms with Crippen molar-refractivity contribution < 1.29 is 18.3 Å². The van der Waals surface area contributed by atoms with Crippen LogP contribution >= 0.6 is 0 Å². The van der Waals surface area contributed by atoms with Crippen molar-refractivity contribution in [2.24, 2.45) is 0 Å². The van der Waals surface area contributed by atoms with Gasteiger partial charge in [0.05, 0.1) is 4.90 Å². The zero-order chi connectivity index (χ0) is 14.6. The maximum Gasteiger partial charge on any atom is 0.382 e. The molecule has 0 spiro atoms. The number of hydrogen-bond acceptors (Lipinski definition) is 3. The van der Waals surface area contributed by atoms with Crippen LogP contribution in [0.3, 0.4) is 0 Å². The van der Waals surface area contributed by atoms with Crippen LogP contribution in [-0.2, 0) is 14.8 Å². The predicted molar refractivity (Wildman–Crippen MR) is 73.6 cm³/mol. The first-order chi connectivity index (χ1) is 9.50. The summed E-state index contributed by atoms with van der Waals surface area (Å²) in [6.07, 6.45) is 2.85. The lowest BCUT2D eigenvalue weighted by Crippen LogP contribution is -2.35. The summed E-state index contributed by atoms with van der Waals surface area (Å²) in [6.45, 7) is 1.12. The van der Waals surface area contributed by atoms with Crippen LogP contribution in [-0.4, -0.2) is 36.9 Å². The lowest BCUT2D eigenvalue weighted by Gasteiger charge is -2.25. The first-order valence-electron chi connectivity index (χ1n) is 6.35. The Bertz CT molecular complexity index is 647. The Morgan fingerprint density at radius 2 is 1.70 bits per heavy atom. The van der Waals surface area contributed by atoms with Crippen molar-refractivity contribution in [3.8, 4) is 11.8 Å². The number of carboxylic acid groups (broad SMARTS) is 1. The molecule has 0 aliphatic carbocycles. The number of piperidine rings is 1. The van der Waals surface area contributed by atoms with Crippen molar-refractivity contribution in [2.45, 2.75) is 24.2 Å². The van der Waals surface area contributed by atoms with Gasteiger partial charge in [-0.1, -0.05) is 12.3 Å². The molecule has 1 heterocycles. The summed E-state index contributed by atoms with van der Waals surface area (Å²) in [7, 11) is -3.44. The molecule has 1 N–H and O–H groups in total. The number of aliphatic carboxylic acids is 1. The molecule has 1 aromatic rings. The Balaban J connectivity index is 2.21. The number of sulfonamides is 1. The Hall–Kier alpha value is -1.84. The smallest absolute Gasteiger partial charge is 0.382 e. The first-order valence-corrected chi connectivity index (χ1v) is 7.79. The zero-order valence-electron chi connectivity index (χ0n) is 10.9. The van der Waals surface area contributed by atoms with E-state index in [1.54, 1.807) is 0 Å². The van der Waals surface area contributed by atoms with Crippen molar-refractivity contribution in [2.75, 3.05) is 13.1 Å². The highest BCUT2D eigenvalue weighted by atomic mass is 32.2. The van der Waals surface area contributed by atoms with Gasteiger partial charge in [-0.2, -0.15) is 4.31 Å². The normalized spacial score (nSPS) is 16.2. The van der Waals surface area contributed by atoms with Crippen LogP contribution in [0.25, 0.3) is 0 Å². The minimum atomic E-state index is -3.44. The van der Waals surface area contributed by atoms with Crippen LogP contribution in [0, 0.1) is 11.8 Å². The molecule has 0 bridgehead atoms. The highest BCUT2D eigenvalue weighted by Crippen LogP contribution is 2.20. The highest BCUT2D eigenvalue weighted by Gasteiger charge is 2.25. The Labute approximate surface area is 118 Å². The van der Waals surface area contributed by atoms with E-state index in [1.165, 1.54) is 28.6 Å². The van der Waals surface area contributed by atoms with E-state index >= 15 is 0 Å². The van der Waals surface area contributed by atoms with E-state index < -0.39 is 16.0 Å². The molecular weight excluding hydrogens is 278 g/mol. The van der Waals surface area contributed by atoms with Gasteiger partial charge in [0.15, 0.2) is 0 Å². The molecule has 1 aromatic carbocycles. The van der Waals surface area contributed by atoms with Crippen LogP contribution in [0.1, 0.15) is 24.8 Å². The van der Waals surface area contributed by atoms with E-state index in [1.807, 2.05) is 5.92 Å². The second-order valence-corrected chi connectivity index (χ2v) is 6.48. The maximum absolute atomic E-state index is 12.4. The number of carbonyl (C=O) groups is 1. The molecule has 20 heavy (non-hydrogen) atoms. The molecule has 1 aliphatic heterocycles. The van der Waals surface area contributed by atoms with Gasteiger partial charge >= 0.3 is 5.97 Å². The molecule has 1 saturated heterocycles. The molecule has 0 aromatic heterocycles. The third-order valence-electron chi connectivity index (χ3n) is 3.12. The van der Waals surface area contributed by atoms with Crippen LogP contribution in [0.4, 0.5) is 0 Å². The zero-order valence-corrected chi connectivity index (χ0v) is 11.7. The van der Waals surface area contributed by atoms with E-state index in [0.717, 1.165) is 19.3 Å². The van der Waals surface area contributed by atoms with Crippen LogP contribution < -0.4 is 0 Å². The second-order valence-electron chi connectivity index (χ2n) is 4.54. The van der Waals surface area contributed by atoms with E-state index in [0.29, 0.717) is 18.7 Å². The van der Waals surface area contributed by atoms with E-state index in [2.05, 4.69) is 5.92 Å². The van der Waals surface area contributed by atoms with Gasteiger partial charge in [-0.3, -0.25) is 0 Å². The van der Waals surface area contributed by atoms with Crippen molar-refractivity contribution in [3.05, 3.63) is 29.8 Å². The number of rotatable bonds is 2. The molecule has 0 radical (unpaired) electrons. The van der Waals surface area contributed by atoms with Crippen LogP contribution in [0.5, 0.6) is 0 Å². The van der Waals surface area contributed by atoms with Crippen LogP contribution in [0.2, 0.25) is 0 Å². The highest BCUT2D eigenvalue weighted by molar-refractivity contribution is 7.89. The molecule has 2 rings (SSSR count). The van der Waals surface area contributed by atoms with Gasteiger partial charge in [-0.25, -0.2) is 13.2 Å². The van der Waals surface area contributed by atoms with Crippen molar-refractivity contribution in [1.29, 1.82) is 0 Å². The third-order valence-corrected chi connectivity index (χ3v) is 5.03. The van der Waals surface area contributed by atoms with Gasteiger partial charge in [-0.05, 0) is 37.1 Å². The molecule has 0 atom stereocenters. The summed E-state index contributed by atoms with van der Waals surface area (Å²) in [6, 6.07) is 5.98. The van der Waals surface area contributed by atoms with Gasteiger partial charge in [0.2, 0.25) is 10.0 Å². The van der Waals surface area contributed by atoms with E-state index in [9.17, 15) is 13.2 Å². The topological polar surface area (TPSA) is 74.7 Å². The Morgan fingerprint density at radius 1 is 1.10 bits per heavy atom. The van der Waals surface area contributed by atoms with Gasteiger partial charge in [0.1, 0.15) is 0 Å². The van der Waals surface area contributed by atoms with Crippen molar-refractivity contribution in [3.63, 3.8) is 0 Å². The van der Waals surface area contributed by atoms with Gasteiger partial charge in [0.25, 0.3) is 0 Å². The molecule has 106 valence electrons. The number of carboxylic acids is 1. The molecule has 0 unspecified atom stereocenters. The summed E-state index contributed by atoms with van der Waals surface area (Å²) in [5.41, 5.74) is 0.477. The third kappa shape index (κ3) is 3.38. The molecule has 5 nitrogen and oxygen atoms in total. The quantitative estimate of drug-likeness (QED) is 0.834. The average Bonchev–Trinajstić information content (AvgIpc) is 2.46. The lowest BCUT2D eigenvalue weighted by atomic mass is 10.2. The Morgan fingerprint density at radius 3 is 2.25 bits per heavy atom. The number of benzene rings is 1. The summed E-state index contributed by atoms with van der Waals surface area (Å²) in [5, 5.41) is 8.45. The van der Waals surface area contributed by atoms with Gasteiger partial charge in [0, 0.05) is 24.6 Å². The minimum absolute atomic E-state index is 0.222. The van der Waals surface area contributed by atoms with Crippen molar-refractivity contribution >= 4 is 16.0 Å². The standard InChI is InChI=1S/C14H15NO4S/c16-14(17)9-6-12-4-7-13(8-5-12)20(18,19)15-10-2-1-3-11-15/h4-5,7-8H,1-3,10-11H2,(H,16,17). The second kappa shape index (κ2) is 6.07. The molecule has 0 saturated carbocycles. The average molecular weight is 293 g/mol. The van der Waals surface area contributed by atoms with E-state index in [4.69, 9.17) is 5.11 Å². The number of hydrogen-bond donors (Lipinski definition) is 1. The fourth-order valence-electron chi connectivity index (χ4n) is 2.09. The van der Waals surface area contributed by atoms with E-state index in [-0.39, 0.29) is 4.90 Å². The van der Waals surface area contributed by atoms with Crippen LogP contribution in [0.15, 0.2) is 29.2 Å². The summed E-state index contributed by atoms with van der Waals surface area (Å²) < 4.78 is 26.2. The summed E-state index contributed by atoms with van der Waals surface area (Å²) in [4.78, 5) is 10.6. The SMILES string of the molecule is O=C(O)C#Cc1ccc(S(=O)(=O)N2CCCCC2)cc1.